The quantitative estimate of drug-likeness (QED) is 0.864. The number of carboxylic acid groups (broad SMARTS) is 1. The van der Waals surface area contributed by atoms with Crippen molar-refractivity contribution in [1.82, 2.24) is 5.32 Å². The lowest BCUT2D eigenvalue weighted by molar-refractivity contribution is -0.138. The molecule has 2 saturated carbocycles. The summed E-state index contributed by atoms with van der Waals surface area (Å²) < 4.78 is 12.9. The molecule has 0 heterocycles. The zero-order chi connectivity index (χ0) is 14.3. The summed E-state index contributed by atoms with van der Waals surface area (Å²) in [5.41, 5.74) is 0.759. The molecule has 2 unspecified atom stereocenters. The van der Waals surface area contributed by atoms with Crippen LogP contribution in [0.5, 0.6) is 0 Å². The van der Waals surface area contributed by atoms with Crippen molar-refractivity contribution in [2.45, 2.75) is 25.2 Å². The maximum atomic E-state index is 12.9. The van der Waals surface area contributed by atoms with Crippen LogP contribution in [0, 0.1) is 17.2 Å². The number of benzene rings is 1. The summed E-state index contributed by atoms with van der Waals surface area (Å²) >= 11 is 0. The van der Waals surface area contributed by atoms with Crippen LogP contribution in [0.25, 0.3) is 0 Å². The van der Waals surface area contributed by atoms with Gasteiger partial charge in [-0.1, -0.05) is 12.1 Å². The van der Waals surface area contributed by atoms with Crippen molar-refractivity contribution in [3.8, 4) is 0 Å². The van der Waals surface area contributed by atoms with E-state index in [0.717, 1.165) is 19.3 Å². The van der Waals surface area contributed by atoms with E-state index in [1.807, 2.05) is 0 Å². The number of rotatable bonds is 5. The fourth-order valence-electron chi connectivity index (χ4n) is 2.80. The van der Waals surface area contributed by atoms with Gasteiger partial charge in [-0.05, 0) is 42.4 Å². The third kappa shape index (κ3) is 2.40. The summed E-state index contributed by atoms with van der Waals surface area (Å²) in [5.74, 6) is -2.24. The van der Waals surface area contributed by atoms with Gasteiger partial charge < -0.3 is 10.4 Å². The Hall–Kier alpha value is -1.91. The van der Waals surface area contributed by atoms with E-state index < -0.39 is 17.7 Å². The Morgan fingerprint density at radius 3 is 2.50 bits per heavy atom. The van der Waals surface area contributed by atoms with Crippen molar-refractivity contribution in [2.75, 3.05) is 6.54 Å². The van der Waals surface area contributed by atoms with E-state index in [-0.39, 0.29) is 23.8 Å². The highest BCUT2D eigenvalue weighted by atomic mass is 19.1. The third-order valence-electron chi connectivity index (χ3n) is 4.45. The van der Waals surface area contributed by atoms with Crippen LogP contribution in [0.4, 0.5) is 4.39 Å². The van der Waals surface area contributed by atoms with E-state index in [4.69, 9.17) is 0 Å². The molecule has 1 aromatic rings. The highest BCUT2D eigenvalue weighted by Crippen LogP contribution is 2.70. The second kappa shape index (κ2) is 4.58. The van der Waals surface area contributed by atoms with Crippen molar-refractivity contribution in [1.29, 1.82) is 0 Å². The Morgan fingerprint density at radius 1 is 1.35 bits per heavy atom. The lowest BCUT2D eigenvalue weighted by Crippen LogP contribution is -2.33. The second-order valence-corrected chi connectivity index (χ2v) is 5.81. The Labute approximate surface area is 116 Å². The molecule has 4 nitrogen and oxygen atoms in total. The number of nitrogens with one attached hydrogen (secondary N) is 1. The normalized spacial score (nSPS) is 23.1. The Morgan fingerprint density at radius 2 is 2.00 bits per heavy atom. The van der Waals surface area contributed by atoms with E-state index in [9.17, 15) is 19.1 Å². The van der Waals surface area contributed by atoms with Gasteiger partial charge in [0.05, 0.1) is 5.92 Å². The maximum Gasteiger partial charge on any atom is 0.312 e. The molecule has 1 amide bonds. The lowest BCUT2D eigenvalue weighted by Gasteiger charge is -2.14. The first-order valence-electron chi connectivity index (χ1n) is 6.78. The van der Waals surface area contributed by atoms with Gasteiger partial charge in [-0.3, -0.25) is 9.59 Å². The predicted octanol–water partition coefficient (Wildman–Crippen LogP) is 1.91. The molecule has 20 heavy (non-hydrogen) atoms. The minimum Gasteiger partial charge on any atom is -0.481 e. The van der Waals surface area contributed by atoms with Crippen molar-refractivity contribution in [2.24, 2.45) is 11.3 Å². The number of aliphatic carboxylic acids is 1. The summed E-state index contributed by atoms with van der Waals surface area (Å²) in [7, 11) is 0. The molecular weight excluding hydrogens is 261 g/mol. The zero-order valence-electron chi connectivity index (χ0n) is 10.9. The van der Waals surface area contributed by atoms with Crippen molar-refractivity contribution < 1.29 is 19.1 Å². The average Bonchev–Trinajstić information content (AvgIpc) is 3.32. The topological polar surface area (TPSA) is 66.4 Å². The largest absolute Gasteiger partial charge is 0.481 e. The first-order valence-corrected chi connectivity index (χ1v) is 6.78. The Bertz CT molecular complexity index is 551. The van der Waals surface area contributed by atoms with E-state index in [1.165, 1.54) is 24.3 Å². The first kappa shape index (κ1) is 13.1. The van der Waals surface area contributed by atoms with Gasteiger partial charge in [-0.25, -0.2) is 4.39 Å². The molecule has 0 radical (unpaired) electrons. The number of carbonyl (C=O) groups is 2. The molecule has 2 N–H and O–H groups in total. The predicted molar refractivity (Wildman–Crippen MR) is 69.6 cm³/mol. The summed E-state index contributed by atoms with van der Waals surface area (Å²) in [6, 6.07) is 5.35. The summed E-state index contributed by atoms with van der Waals surface area (Å²) in [4.78, 5) is 23.2. The van der Waals surface area contributed by atoms with Crippen LogP contribution in [0.3, 0.4) is 0 Å². The molecule has 1 spiro atoms. The van der Waals surface area contributed by atoms with Gasteiger partial charge in [0, 0.05) is 12.5 Å². The van der Waals surface area contributed by atoms with Crippen molar-refractivity contribution >= 4 is 11.9 Å². The van der Waals surface area contributed by atoms with Crippen LogP contribution in [-0.4, -0.2) is 23.5 Å². The van der Waals surface area contributed by atoms with Gasteiger partial charge in [-0.15, -0.1) is 0 Å². The molecule has 2 aliphatic rings. The number of halogens is 1. The van der Waals surface area contributed by atoms with Crippen LogP contribution in [0.1, 0.15) is 30.7 Å². The molecular formula is C15H16FNO3. The van der Waals surface area contributed by atoms with Gasteiger partial charge in [0.1, 0.15) is 5.82 Å². The number of hydrogen-bond acceptors (Lipinski definition) is 2. The maximum absolute atomic E-state index is 12.9. The summed E-state index contributed by atoms with van der Waals surface area (Å²) in [6.45, 7) is 0.0480. The molecule has 2 fully saturated rings. The molecule has 3 rings (SSSR count). The van der Waals surface area contributed by atoms with E-state index in [1.54, 1.807) is 0 Å². The molecule has 0 bridgehead atoms. The van der Waals surface area contributed by atoms with Crippen LogP contribution in [0.15, 0.2) is 24.3 Å². The Balaban J connectivity index is 1.61. The van der Waals surface area contributed by atoms with Crippen LogP contribution in [-0.2, 0) is 9.59 Å². The van der Waals surface area contributed by atoms with E-state index >= 15 is 0 Å². The highest BCUT2D eigenvalue weighted by Gasteiger charge is 2.65. The number of amides is 1. The lowest BCUT2D eigenvalue weighted by atomic mass is 9.99. The molecule has 106 valence electrons. The minimum absolute atomic E-state index is 0.0455. The van der Waals surface area contributed by atoms with Gasteiger partial charge in [-0.2, -0.15) is 0 Å². The monoisotopic (exact) mass is 277 g/mol. The summed E-state index contributed by atoms with van der Waals surface area (Å²) in [5, 5.41) is 12.0. The number of carbonyl (C=O) groups excluding carboxylic acids is 1. The molecule has 2 atom stereocenters. The summed E-state index contributed by atoms with van der Waals surface area (Å²) in [6.07, 6.45) is 3.17. The number of hydrogen-bond donors (Lipinski definition) is 2. The highest BCUT2D eigenvalue weighted by molar-refractivity contribution is 5.84. The molecule has 2 aliphatic carbocycles. The van der Waals surface area contributed by atoms with Crippen LogP contribution in [0.2, 0.25) is 0 Å². The molecule has 0 aromatic heterocycles. The fraction of sp³-hybridized carbons (Fsp3) is 0.467. The van der Waals surface area contributed by atoms with E-state index in [0.29, 0.717) is 5.56 Å². The average molecular weight is 277 g/mol. The minimum atomic E-state index is -1.02. The standard InChI is InChI=1S/C15H16FNO3/c16-10-3-1-9(2-4-10)11(14(19)20)8-17-13(18)12-7-15(12)5-6-15/h1-4,11-12H,5-8H2,(H,17,18)(H,19,20). The van der Waals surface area contributed by atoms with Gasteiger partial charge in [0.25, 0.3) is 0 Å². The molecule has 5 heteroatoms. The molecule has 0 aliphatic heterocycles. The van der Waals surface area contributed by atoms with Crippen LogP contribution >= 0.6 is 0 Å². The molecule has 0 saturated heterocycles. The molecule has 1 aromatic carbocycles. The number of carboxylic acids is 1. The smallest absolute Gasteiger partial charge is 0.312 e. The third-order valence-corrected chi connectivity index (χ3v) is 4.45. The fourth-order valence-corrected chi connectivity index (χ4v) is 2.80. The van der Waals surface area contributed by atoms with E-state index in [2.05, 4.69) is 5.32 Å². The first-order chi connectivity index (χ1) is 9.52. The van der Waals surface area contributed by atoms with Gasteiger partial charge >= 0.3 is 5.97 Å². The zero-order valence-corrected chi connectivity index (χ0v) is 10.9. The van der Waals surface area contributed by atoms with Crippen LogP contribution < -0.4 is 5.32 Å². The SMILES string of the molecule is O=C(O)C(CNC(=O)C1CC12CC2)c1ccc(F)cc1. The Kier molecular flexibility index (Phi) is 3.00. The van der Waals surface area contributed by atoms with Crippen molar-refractivity contribution in [3.05, 3.63) is 35.6 Å². The van der Waals surface area contributed by atoms with Gasteiger partial charge in [0.15, 0.2) is 0 Å². The van der Waals surface area contributed by atoms with Gasteiger partial charge in [0.2, 0.25) is 5.91 Å². The van der Waals surface area contributed by atoms with Crippen molar-refractivity contribution in [3.63, 3.8) is 0 Å². The second-order valence-electron chi connectivity index (χ2n) is 5.81.